The third-order valence-electron chi connectivity index (χ3n) is 13.0. The first-order chi connectivity index (χ1) is 26.1. The minimum Gasteiger partial charge on any atom is -0.297 e. The normalized spacial score (nSPS) is 14.6. The second-order valence-electron chi connectivity index (χ2n) is 16.5. The zero-order valence-electron chi connectivity index (χ0n) is 33.5. The zero-order valence-corrected chi connectivity index (χ0v) is 33.5. The third-order valence-corrected chi connectivity index (χ3v) is 13.0. The van der Waals surface area contributed by atoms with Crippen LogP contribution in [-0.4, -0.2) is 16.3 Å². The maximum atomic E-state index is 5.72. The van der Waals surface area contributed by atoms with Crippen molar-refractivity contribution in [3.05, 3.63) is 136 Å². The molecule has 54 heavy (non-hydrogen) atoms. The topological polar surface area (TPSA) is 17.8 Å². The summed E-state index contributed by atoms with van der Waals surface area (Å²) in [6.07, 6.45) is 4.87. The SMILES string of the molecule is CC.Cc1cccc(C)c1-c1ccc2c(c1)B1c3c-2cc(-c2c(C)cccc2C)cc3-n2c(C3(C)CCCC3)nc3cc(-c4c(C)cccc4C)cc1c32. The number of nitrogens with zero attached hydrogens (tertiary/aromatic N) is 2. The lowest BCUT2D eigenvalue weighted by Crippen LogP contribution is -2.53. The highest BCUT2D eigenvalue weighted by atomic mass is 15.1. The van der Waals surface area contributed by atoms with Gasteiger partial charge in [-0.2, -0.15) is 0 Å². The van der Waals surface area contributed by atoms with E-state index >= 15 is 0 Å². The van der Waals surface area contributed by atoms with Crippen molar-refractivity contribution in [2.24, 2.45) is 0 Å². The zero-order chi connectivity index (χ0) is 37.6. The summed E-state index contributed by atoms with van der Waals surface area (Å²) in [4.78, 5) is 5.72. The molecule has 6 aromatic carbocycles. The Labute approximate surface area is 322 Å². The van der Waals surface area contributed by atoms with E-state index in [-0.39, 0.29) is 12.1 Å². The number of rotatable bonds is 4. The van der Waals surface area contributed by atoms with Gasteiger partial charge in [0.25, 0.3) is 0 Å². The molecule has 2 aliphatic heterocycles. The fourth-order valence-corrected chi connectivity index (χ4v) is 10.6. The molecule has 0 radical (unpaired) electrons. The van der Waals surface area contributed by atoms with Crippen molar-refractivity contribution in [1.82, 2.24) is 9.55 Å². The van der Waals surface area contributed by atoms with Gasteiger partial charge in [-0.05, 0) is 161 Å². The van der Waals surface area contributed by atoms with E-state index in [0.29, 0.717) is 0 Å². The van der Waals surface area contributed by atoms with E-state index in [2.05, 4.69) is 150 Å². The van der Waals surface area contributed by atoms with Gasteiger partial charge in [0.15, 0.2) is 0 Å². The van der Waals surface area contributed by atoms with Crippen molar-refractivity contribution in [2.45, 2.75) is 93.4 Å². The fraction of sp³-hybridized carbons (Fsp3) is 0.275. The van der Waals surface area contributed by atoms with E-state index in [1.54, 1.807) is 0 Å². The molecule has 10 rings (SSSR count). The standard InChI is InChI=1S/C49H45BN2.C2H6/c1-28-13-10-14-29(2)43(28)34-19-20-37-38-23-35(44-30(3)15-11-16-31(44)4)27-42-46(38)50(39(37)24-34)40-25-36(45-32(5)17-12-18-33(45)6)26-41-47(40)52(42)48(51-41)49(7)21-8-9-22-49;1-2/h10-20,23-27H,8-9,21-22H2,1-7H3;1-2H3. The molecule has 0 atom stereocenters. The van der Waals surface area contributed by atoms with Gasteiger partial charge in [0, 0.05) is 11.1 Å². The van der Waals surface area contributed by atoms with Gasteiger partial charge in [-0.1, -0.05) is 118 Å². The average Bonchev–Trinajstić information content (AvgIpc) is 3.86. The molecule has 268 valence electrons. The van der Waals surface area contributed by atoms with Gasteiger partial charge in [0.2, 0.25) is 6.71 Å². The van der Waals surface area contributed by atoms with Crippen LogP contribution >= 0.6 is 0 Å². The van der Waals surface area contributed by atoms with Gasteiger partial charge in [0.1, 0.15) is 5.82 Å². The molecule has 0 bridgehead atoms. The van der Waals surface area contributed by atoms with E-state index < -0.39 is 0 Å². The summed E-state index contributed by atoms with van der Waals surface area (Å²) in [5, 5.41) is 0. The molecule has 3 aliphatic rings. The quantitative estimate of drug-likeness (QED) is 0.167. The Balaban J connectivity index is 0.00000189. The molecule has 0 unspecified atom stereocenters. The van der Waals surface area contributed by atoms with Crippen LogP contribution in [0.2, 0.25) is 0 Å². The van der Waals surface area contributed by atoms with Crippen LogP contribution in [0.25, 0.3) is 61.2 Å². The van der Waals surface area contributed by atoms with E-state index in [1.165, 1.54) is 137 Å². The number of aromatic nitrogens is 2. The minimum atomic E-state index is 0.0321. The second kappa shape index (κ2) is 12.7. The van der Waals surface area contributed by atoms with Crippen LogP contribution in [0, 0.1) is 41.5 Å². The van der Waals surface area contributed by atoms with Gasteiger partial charge in [-0.15, -0.1) is 0 Å². The molecule has 0 N–H and O–H groups in total. The first-order valence-corrected chi connectivity index (χ1v) is 20.2. The second-order valence-corrected chi connectivity index (χ2v) is 16.5. The van der Waals surface area contributed by atoms with Crippen LogP contribution in [-0.2, 0) is 5.41 Å². The Morgan fingerprint density at radius 2 is 1.06 bits per heavy atom. The van der Waals surface area contributed by atoms with Crippen LogP contribution in [0.15, 0.2) is 97.1 Å². The van der Waals surface area contributed by atoms with E-state index in [0.717, 1.165) is 5.52 Å². The highest BCUT2D eigenvalue weighted by Crippen LogP contribution is 2.46. The van der Waals surface area contributed by atoms with Crippen molar-refractivity contribution in [1.29, 1.82) is 0 Å². The maximum absolute atomic E-state index is 5.72. The van der Waals surface area contributed by atoms with Gasteiger partial charge < -0.3 is 0 Å². The van der Waals surface area contributed by atoms with Crippen molar-refractivity contribution in [3.8, 4) is 50.2 Å². The molecule has 1 aromatic heterocycles. The lowest BCUT2D eigenvalue weighted by molar-refractivity contribution is 0.454. The molecule has 7 aromatic rings. The average molecular weight is 703 g/mol. The molecule has 0 saturated heterocycles. The molecule has 2 nitrogen and oxygen atoms in total. The summed E-state index contributed by atoms with van der Waals surface area (Å²) in [5.74, 6) is 1.24. The van der Waals surface area contributed by atoms with Gasteiger partial charge >= 0.3 is 0 Å². The van der Waals surface area contributed by atoms with Crippen molar-refractivity contribution >= 4 is 34.1 Å². The van der Waals surface area contributed by atoms with Crippen molar-refractivity contribution < 1.29 is 0 Å². The van der Waals surface area contributed by atoms with Crippen LogP contribution < -0.4 is 16.4 Å². The predicted octanol–water partition coefficient (Wildman–Crippen LogP) is 11.5. The highest BCUT2D eigenvalue weighted by molar-refractivity contribution is 7.01. The summed E-state index contributed by atoms with van der Waals surface area (Å²) in [5.41, 5.74) is 26.6. The molecule has 0 amide bonds. The first kappa shape index (κ1) is 34.6. The third kappa shape index (κ3) is 4.97. The molecule has 1 fully saturated rings. The van der Waals surface area contributed by atoms with E-state index in [9.17, 15) is 0 Å². The largest absolute Gasteiger partial charge is 0.297 e. The Morgan fingerprint density at radius 3 is 1.61 bits per heavy atom. The van der Waals surface area contributed by atoms with Crippen molar-refractivity contribution in [2.75, 3.05) is 0 Å². The Morgan fingerprint density at radius 1 is 0.556 bits per heavy atom. The summed E-state index contributed by atoms with van der Waals surface area (Å²) in [7, 11) is 0. The molecule has 3 heteroatoms. The molecular formula is C51H51BN2. The summed E-state index contributed by atoms with van der Waals surface area (Å²) in [6, 6.07) is 37.4. The van der Waals surface area contributed by atoms with Crippen LogP contribution in [0.4, 0.5) is 0 Å². The Kier molecular flexibility index (Phi) is 8.16. The summed E-state index contributed by atoms with van der Waals surface area (Å²) >= 11 is 0. The van der Waals surface area contributed by atoms with Crippen molar-refractivity contribution in [3.63, 3.8) is 0 Å². The van der Waals surface area contributed by atoms with Gasteiger partial charge in [-0.25, -0.2) is 4.98 Å². The number of aryl methyl sites for hydroxylation is 6. The molecule has 0 spiro atoms. The minimum absolute atomic E-state index is 0.0321. The summed E-state index contributed by atoms with van der Waals surface area (Å²) in [6.45, 7) is 20.1. The van der Waals surface area contributed by atoms with Gasteiger partial charge in [-0.3, -0.25) is 4.57 Å². The van der Waals surface area contributed by atoms with Crippen LogP contribution in [0.3, 0.4) is 0 Å². The molecule has 3 heterocycles. The number of hydrogen-bond acceptors (Lipinski definition) is 1. The number of hydrogen-bond donors (Lipinski definition) is 0. The Hall–Kier alpha value is -5.15. The van der Waals surface area contributed by atoms with E-state index in [4.69, 9.17) is 4.98 Å². The fourth-order valence-electron chi connectivity index (χ4n) is 10.6. The number of imidazole rings is 1. The lowest BCUT2D eigenvalue weighted by atomic mass is 9.37. The van der Waals surface area contributed by atoms with Gasteiger partial charge in [0.05, 0.1) is 11.0 Å². The van der Waals surface area contributed by atoms with E-state index in [1.807, 2.05) is 13.8 Å². The monoisotopic (exact) mass is 702 g/mol. The van der Waals surface area contributed by atoms with Crippen LogP contribution in [0.1, 0.15) is 85.7 Å². The summed E-state index contributed by atoms with van der Waals surface area (Å²) < 4.78 is 2.63. The van der Waals surface area contributed by atoms with Crippen LogP contribution in [0.5, 0.6) is 0 Å². The number of benzene rings is 6. The number of fused-ring (bicyclic) bond motifs is 5. The smallest absolute Gasteiger partial charge is 0.248 e. The predicted molar refractivity (Wildman–Crippen MR) is 233 cm³/mol. The molecule has 1 saturated carbocycles. The Bertz CT molecular complexity index is 2610. The maximum Gasteiger partial charge on any atom is 0.248 e. The first-order valence-electron chi connectivity index (χ1n) is 20.2. The lowest BCUT2D eigenvalue weighted by Gasteiger charge is -2.30. The highest BCUT2D eigenvalue weighted by Gasteiger charge is 2.45. The molecule has 1 aliphatic carbocycles. The molecular weight excluding hydrogens is 651 g/mol.